The molecule has 2 N–H and O–H groups in total. The SMILES string of the molecule is CCN(C(=C(C#N)C(=O)N1CCCC1Cn1nc(-c2ccc(Oc3ccccc3)cc2F)c2c(N)ncnc21)C(C)C)C1COC1. The molecular formula is C34H37FN8O3. The molecular weight excluding hydrogens is 587 g/mol. The molecule has 2 saturated heterocycles. The predicted octanol–water partition coefficient (Wildman–Crippen LogP) is 5.15. The van der Waals surface area contributed by atoms with Crippen molar-refractivity contribution in [1.82, 2.24) is 29.5 Å². The van der Waals surface area contributed by atoms with Gasteiger partial charge in [-0.3, -0.25) is 4.79 Å². The van der Waals surface area contributed by atoms with Crippen LogP contribution in [-0.2, 0) is 16.1 Å². The van der Waals surface area contributed by atoms with E-state index in [1.807, 2.05) is 39.0 Å². The van der Waals surface area contributed by atoms with Crippen LogP contribution in [-0.4, -0.2) is 73.8 Å². The van der Waals surface area contributed by atoms with Crippen molar-refractivity contribution in [2.45, 2.75) is 52.2 Å². The van der Waals surface area contributed by atoms with Gasteiger partial charge >= 0.3 is 0 Å². The van der Waals surface area contributed by atoms with Crippen molar-refractivity contribution in [3.05, 3.63) is 71.9 Å². The van der Waals surface area contributed by atoms with E-state index in [9.17, 15) is 10.1 Å². The molecule has 238 valence electrons. The summed E-state index contributed by atoms with van der Waals surface area (Å²) in [6.45, 7) is 8.66. The first-order valence-corrected chi connectivity index (χ1v) is 15.6. The van der Waals surface area contributed by atoms with Crippen LogP contribution >= 0.6 is 0 Å². The first-order chi connectivity index (χ1) is 22.3. The van der Waals surface area contributed by atoms with E-state index in [2.05, 4.69) is 20.9 Å². The van der Waals surface area contributed by atoms with Gasteiger partial charge in [0.2, 0.25) is 0 Å². The number of amides is 1. The number of allylic oxidation sites excluding steroid dienone is 1. The summed E-state index contributed by atoms with van der Waals surface area (Å²) < 4.78 is 28.5. The average Bonchev–Trinajstić information content (AvgIpc) is 3.63. The Bertz CT molecular complexity index is 1810. The Labute approximate surface area is 267 Å². The minimum absolute atomic E-state index is 0.0307. The lowest BCUT2D eigenvalue weighted by Gasteiger charge is -2.41. The third-order valence-electron chi connectivity index (χ3n) is 8.59. The number of aromatic nitrogens is 4. The zero-order chi connectivity index (χ0) is 32.4. The van der Waals surface area contributed by atoms with Crippen molar-refractivity contribution >= 4 is 22.8 Å². The van der Waals surface area contributed by atoms with E-state index in [1.54, 1.807) is 33.8 Å². The summed E-state index contributed by atoms with van der Waals surface area (Å²) in [6, 6.07) is 15.8. The minimum atomic E-state index is -0.539. The molecule has 11 nitrogen and oxygen atoms in total. The van der Waals surface area contributed by atoms with Crippen molar-refractivity contribution in [1.29, 1.82) is 5.26 Å². The fourth-order valence-corrected chi connectivity index (χ4v) is 6.37. The molecule has 2 aromatic carbocycles. The first kappa shape index (κ1) is 31.0. The Hall–Kier alpha value is -5.02. The largest absolute Gasteiger partial charge is 0.457 e. The van der Waals surface area contributed by atoms with Gasteiger partial charge in [-0.15, -0.1) is 0 Å². The van der Waals surface area contributed by atoms with Gasteiger partial charge in [-0.25, -0.2) is 19.0 Å². The second-order valence-corrected chi connectivity index (χ2v) is 11.8. The van der Waals surface area contributed by atoms with Crippen LogP contribution in [0.1, 0.15) is 33.6 Å². The number of nitrogens with two attached hydrogens (primary N) is 1. The Morgan fingerprint density at radius 3 is 2.63 bits per heavy atom. The molecule has 12 heteroatoms. The minimum Gasteiger partial charge on any atom is -0.457 e. The Morgan fingerprint density at radius 2 is 1.98 bits per heavy atom. The smallest absolute Gasteiger partial charge is 0.266 e. The maximum absolute atomic E-state index is 15.6. The number of carbonyl (C=O) groups excluding carboxylic acids is 1. The average molecular weight is 625 g/mol. The van der Waals surface area contributed by atoms with Crippen LogP contribution in [0.25, 0.3) is 22.3 Å². The van der Waals surface area contributed by atoms with E-state index < -0.39 is 5.82 Å². The third-order valence-corrected chi connectivity index (χ3v) is 8.59. The van der Waals surface area contributed by atoms with Crippen LogP contribution in [0.4, 0.5) is 10.2 Å². The number of rotatable bonds is 10. The van der Waals surface area contributed by atoms with Crippen molar-refractivity contribution in [3.63, 3.8) is 0 Å². The number of halogens is 1. The number of nitrogen functional groups attached to an aromatic ring is 1. The van der Waals surface area contributed by atoms with E-state index in [4.69, 9.17) is 20.3 Å². The Kier molecular flexibility index (Phi) is 8.85. The van der Waals surface area contributed by atoms with Gasteiger partial charge in [-0.2, -0.15) is 10.4 Å². The lowest BCUT2D eigenvalue weighted by atomic mass is 9.99. The number of likely N-dealkylation sites (tertiary alicyclic amines) is 1. The summed E-state index contributed by atoms with van der Waals surface area (Å²) >= 11 is 0. The molecule has 4 heterocycles. The molecule has 4 aromatic rings. The number of hydrogen-bond donors (Lipinski definition) is 1. The molecule has 1 amide bonds. The van der Waals surface area contributed by atoms with Gasteiger partial charge in [-0.05, 0) is 49.9 Å². The van der Waals surface area contributed by atoms with Crippen molar-refractivity contribution in [2.24, 2.45) is 5.92 Å². The fourth-order valence-electron chi connectivity index (χ4n) is 6.37. The van der Waals surface area contributed by atoms with E-state index in [-0.39, 0.29) is 40.9 Å². The highest BCUT2D eigenvalue weighted by Crippen LogP contribution is 2.35. The Morgan fingerprint density at radius 1 is 1.20 bits per heavy atom. The quantitative estimate of drug-likeness (QED) is 0.188. The van der Waals surface area contributed by atoms with Crippen LogP contribution in [0, 0.1) is 23.1 Å². The second kappa shape index (κ2) is 13.1. The maximum atomic E-state index is 15.6. The zero-order valence-corrected chi connectivity index (χ0v) is 26.2. The van der Waals surface area contributed by atoms with Crippen LogP contribution in [0.2, 0.25) is 0 Å². The number of anilines is 1. The van der Waals surface area contributed by atoms with Crippen molar-refractivity contribution < 1.29 is 18.7 Å². The van der Waals surface area contributed by atoms with Crippen LogP contribution in [0.5, 0.6) is 11.5 Å². The van der Waals surface area contributed by atoms with Crippen molar-refractivity contribution in [3.8, 4) is 28.8 Å². The van der Waals surface area contributed by atoms with Crippen LogP contribution < -0.4 is 10.5 Å². The number of nitrogens with zero attached hydrogens (tertiary/aromatic N) is 7. The van der Waals surface area contributed by atoms with Gasteiger partial charge in [0.25, 0.3) is 5.91 Å². The highest BCUT2D eigenvalue weighted by Gasteiger charge is 2.36. The van der Waals surface area contributed by atoms with E-state index >= 15 is 4.39 Å². The number of benzene rings is 2. The molecule has 2 aromatic heterocycles. The summed E-state index contributed by atoms with van der Waals surface area (Å²) in [5, 5.41) is 15.5. The normalized spacial score (nSPS) is 17.1. The predicted molar refractivity (Wildman–Crippen MR) is 171 cm³/mol. The van der Waals surface area contributed by atoms with Crippen LogP contribution in [0.3, 0.4) is 0 Å². The number of ether oxygens (including phenoxy) is 2. The molecule has 2 aliphatic rings. The molecule has 0 bridgehead atoms. The number of likely N-dealkylation sites (N-methyl/N-ethyl adjacent to an activating group) is 1. The molecule has 0 saturated carbocycles. The molecule has 6 rings (SSSR count). The fraction of sp³-hybridized carbons (Fsp3) is 0.382. The lowest BCUT2D eigenvalue weighted by molar-refractivity contribution is -0.128. The summed E-state index contributed by atoms with van der Waals surface area (Å²) in [4.78, 5) is 26.6. The molecule has 0 spiro atoms. The molecule has 46 heavy (non-hydrogen) atoms. The number of nitriles is 1. The van der Waals surface area contributed by atoms with E-state index in [0.29, 0.717) is 67.5 Å². The van der Waals surface area contributed by atoms with Crippen LogP contribution in [0.15, 0.2) is 66.1 Å². The van der Waals surface area contributed by atoms with Gasteiger partial charge in [-0.1, -0.05) is 32.0 Å². The maximum Gasteiger partial charge on any atom is 0.266 e. The standard InChI is InChI=1S/C34H37FN8O3/c1-4-41(23-18-45-19-23)31(21(2)3)27(16-36)34(44)42-14-8-9-22(42)17-43-33-29(32(37)38-20-39-33)30(40-43)26-13-12-25(15-28(26)35)46-24-10-6-5-7-11-24/h5-7,10-13,15,20-23H,4,8-9,14,17-19H2,1-3H3,(H2,37,38,39). The van der Waals surface area contributed by atoms with Gasteiger partial charge in [0.05, 0.1) is 37.2 Å². The number of carbonyl (C=O) groups is 1. The topological polar surface area (TPSA) is 135 Å². The second-order valence-electron chi connectivity index (χ2n) is 11.8. The van der Waals surface area contributed by atoms with Gasteiger partial charge in [0, 0.05) is 30.4 Å². The van der Waals surface area contributed by atoms with Gasteiger partial charge in [0.1, 0.15) is 46.8 Å². The summed E-state index contributed by atoms with van der Waals surface area (Å²) in [6.07, 6.45) is 2.84. The van der Waals surface area contributed by atoms with Gasteiger partial charge in [0.15, 0.2) is 5.65 Å². The molecule has 2 aliphatic heterocycles. The summed E-state index contributed by atoms with van der Waals surface area (Å²) in [5.74, 6) is 0.241. The summed E-state index contributed by atoms with van der Waals surface area (Å²) in [7, 11) is 0. The van der Waals surface area contributed by atoms with Crippen molar-refractivity contribution in [2.75, 3.05) is 32.0 Å². The number of fused-ring (bicyclic) bond motifs is 1. The molecule has 1 unspecified atom stereocenters. The van der Waals surface area contributed by atoms with E-state index in [1.165, 1.54) is 12.4 Å². The number of hydrogen-bond acceptors (Lipinski definition) is 9. The molecule has 1 atom stereocenters. The van der Waals surface area contributed by atoms with Gasteiger partial charge < -0.3 is 25.0 Å². The molecule has 0 aliphatic carbocycles. The summed E-state index contributed by atoms with van der Waals surface area (Å²) in [5.41, 5.74) is 8.17. The molecule has 2 fully saturated rings. The third kappa shape index (κ3) is 5.86. The first-order valence-electron chi connectivity index (χ1n) is 15.6. The Balaban J connectivity index is 1.32. The highest BCUT2D eigenvalue weighted by molar-refractivity contribution is 5.99. The monoisotopic (exact) mass is 624 g/mol. The number of para-hydroxylation sites is 1. The molecule has 0 radical (unpaired) electrons. The van der Waals surface area contributed by atoms with E-state index in [0.717, 1.165) is 12.1 Å². The zero-order valence-electron chi connectivity index (χ0n) is 26.2. The highest BCUT2D eigenvalue weighted by atomic mass is 19.1. The lowest BCUT2D eigenvalue weighted by Crippen LogP contribution is -2.50.